The lowest BCUT2D eigenvalue weighted by Gasteiger charge is -2.59. The van der Waals surface area contributed by atoms with Gasteiger partial charge in [0, 0.05) is 31.2 Å². The fraction of sp³-hybridized carbons (Fsp3) is 0.704. The zero-order chi connectivity index (χ0) is 25.5. The van der Waals surface area contributed by atoms with E-state index < -0.39 is 29.9 Å². The number of nitrogens with one attached hydrogen (secondary N) is 1. The Morgan fingerprint density at radius 1 is 1.06 bits per heavy atom. The Labute approximate surface area is 212 Å². The number of hydrogen-bond donors (Lipinski definition) is 1. The highest BCUT2D eigenvalue weighted by Gasteiger charge is 2.69. The van der Waals surface area contributed by atoms with Gasteiger partial charge in [0.1, 0.15) is 5.75 Å². The molecule has 1 aromatic rings. The van der Waals surface area contributed by atoms with Gasteiger partial charge in [-0.25, -0.2) is 9.78 Å². The second-order valence-corrected chi connectivity index (χ2v) is 10.9. The SMILES string of the molecule is COc1ccc(CNC(=O)CCC(=O)O[C@@H]2O[C@@H]3O[C@]4(C)CC[C@H]5[C@H](C)CC[C@@H]([C@H]2C)C35OO4)cc1. The van der Waals surface area contributed by atoms with Crippen molar-refractivity contribution in [2.24, 2.45) is 23.7 Å². The van der Waals surface area contributed by atoms with Crippen molar-refractivity contribution in [1.29, 1.82) is 0 Å². The number of fused-ring (bicyclic) bond motifs is 2. The standard InChI is InChI=1S/C27H37NO8/c1-16-5-10-21-17(2)24(33-25-27(21)20(16)13-14-26(3,34-25)35-36-27)32-23(30)12-11-22(29)28-15-18-6-8-19(31-4)9-7-18/h6-9,16-17,20-21,24-25H,5,10-15H2,1-4H3,(H,28,29)/t16-,17-,20+,21+,24-,25-,26+,27?/m1/s1. The van der Waals surface area contributed by atoms with E-state index in [2.05, 4.69) is 12.2 Å². The monoisotopic (exact) mass is 503 g/mol. The molecule has 0 radical (unpaired) electrons. The molecule has 5 aliphatic rings. The van der Waals surface area contributed by atoms with Crippen LogP contribution in [0.1, 0.15) is 64.9 Å². The number of benzene rings is 1. The number of ether oxygens (including phenoxy) is 4. The third kappa shape index (κ3) is 4.62. The lowest BCUT2D eigenvalue weighted by molar-refractivity contribution is -0.576. The van der Waals surface area contributed by atoms with E-state index in [1.165, 1.54) is 0 Å². The quantitative estimate of drug-likeness (QED) is 0.442. The largest absolute Gasteiger partial charge is 0.497 e. The highest BCUT2D eigenvalue weighted by atomic mass is 17.3. The summed E-state index contributed by atoms with van der Waals surface area (Å²) in [7, 11) is 1.61. The first-order chi connectivity index (χ1) is 17.2. The second kappa shape index (κ2) is 9.93. The summed E-state index contributed by atoms with van der Waals surface area (Å²) in [6.45, 7) is 6.53. The third-order valence-corrected chi connectivity index (χ3v) is 8.55. The molecule has 1 N–H and O–H groups in total. The van der Waals surface area contributed by atoms with Crippen LogP contribution in [-0.2, 0) is 40.1 Å². The average molecular weight is 504 g/mol. The van der Waals surface area contributed by atoms with Crippen LogP contribution < -0.4 is 10.1 Å². The number of rotatable bonds is 7. The minimum Gasteiger partial charge on any atom is -0.497 e. The Hall–Kier alpha value is -2.20. The van der Waals surface area contributed by atoms with E-state index in [4.69, 9.17) is 28.7 Å². The van der Waals surface area contributed by atoms with Crippen LogP contribution in [0.4, 0.5) is 0 Å². The van der Waals surface area contributed by atoms with Crippen molar-refractivity contribution in [3.05, 3.63) is 29.8 Å². The molecule has 6 rings (SSSR count). The predicted octanol–water partition coefficient (Wildman–Crippen LogP) is 3.84. The number of carbonyl (C=O) groups excluding carboxylic acids is 2. The highest BCUT2D eigenvalue weighted by molar-refractivity contribution is 5.81. The van der Waals surface area contributed by atoms with Gasteiger partial charge in [-0.15, -0.1) is 0 Å². The number of esters is 1. The Morgan fingerprint density at radius 3 is 2.58 bits per heavy atom. The summed E-state index contributed by atoms with van der Waals surface area (Å²) in [6.07, 6.45) is 2.24. The van der Waals surface area contributed by atoms with Crippen LogP contribution in [0.3, 0.4) is 0 Å². The van der Waals surface area contributed by atoms with Gasteiger partial charge in [-0.3, -0.25) is 9.59 Å². The summed E-state index contributed by atoms with van der Waals surface area (Å²) in [5.74, 6) is -0.122. The molecule has 1 unspecified atom stereocenters. The van der Waals surface area contributed by atoms with Gasteiger partial charge >= 0.3 is 5.97 Å². The van der Waals surface area contributed by atoms with E-state index in [9.17, 15) is 9.59 Å². The topological polar surface area (TPSA) is 102 Å². The van der Waals surface area contributed by atoms with Crippen molar-refractivity contribution in [2.45, 2.75) is 89.8 Å². The second-order valence-electron chi connectivity index (χ2n) is 10.9. The first-order valence-corrected chi connectivity index (χ1v) is 13.0. The Kier molecular flexibility index (Phi) is 7.02. The van der Waals surface area contributed by atoms with Crippen LogP contribution in [0.15, 0.2) is 24.3 Å². The summed E-state index contributed by atoms with van der Waals surface area (Å²) < 4.78 is 23.5. The molecule has 1 amide bonds. The van der Waals surface area contributed by atoms with E-state index in [-0.39, 0.29) is 36.5 Å². The van der Waals surface area contributed by atoms with E-state index in [0.717, 1.165) is 37.0 Å². The maximum Gasteiger partial charge on any atom is 0.308 e. The molecule has 4 saturated heterocycles. The molecule has 1 spiro atoms. The van der Waals surface area contributed by atoms with Crippen molar-refractivity contribution >= 4 is 11.9 Å². The van der Waals surface area contributed by atoms with Crippen molar-refractivity contribution in [3.63, 3.8) is 0 Å². The summed E-state index contributed by atoms with van der Waals surface area (Å²) in [5, 5.41) is 2.83. The molecule has 36 heavy (non-hydrogen) atoms. The minimum absolute atomic E-state index is 0.0284. The zero-order valence-electron chi connectivity index (χ0n) is 21.5. The van der Waals surface area contributed by atoms with Crippen molar-refractivity contribution < 1.29 is 38.3 Å². The lowest BCUT2D eigenvalue weighted by atomic mass is 9.58. The summed E-state index contributed by atoms with van der Waals surface area (Å²) in [5.41, 5.74) is 0.250. The summed E-state index contributed by atoms with van der Waals surface area (Å²) in [6, 6.07) is 7.45. The number of carbonyl (C=O) groups is 2. The summed E-state index contributed by atoms with van der Waals surface area (Å²) >= 11 is 0. The third-order valence-electron chi connectivity index (χ3n) is 8.55. The maximum atomic E-state index is 12.7. The van der Waals surface area contributed by atoms with Gasteiger partial charge in [0.2, 0.25) is 18.0 Å². The highest BCUT2D eigenvalue weighted by Crippen LogP contribution is 2.60. The van der Waals surface area contributed by atoms with Crippen molar-refractivity contribution in [1.82, 2.24) is 5.32 Å². The Balaban J connectivity index is 1.17. The molecule has 4 heterocycles. The molecule has 2 bridgehead atoms. The van der Waals surface area contributed by atoms with E-state index in [1.54, 1.807) is 7.11 Å². The average Bonchev–Trinajstić information content (AvgIpc) is 3.10. The predicted molar refractivity (Wildman–Crippen MR) is 127 cm³/mol. The van der Waals surface area contributed by atoms with Crippen LogP contribution in [0.25, 0.3) is 0 Å². The number of methoxy groups -OCH3 is 1. The molecule has 5 fully saturated rings. The van der Waals surface area contributed by atoms with Gasteiger partial charge in [0.15, 0.2) is 11.9 Å². The van der Waals surface area contributed by atoms with Crippen LogP contribution in [0, 0.1) is 23.7 Å². The van der Waals surface area contributed by atoms with E-state index >= 15 is 0 Å². The molecule has 9 heteroatoms. The zero-order valence-corrected chi connectivity index (χ0v) is 21.5. The first kappa shape index (κ1) is 25.4. The van der Waals surface area contributed by atoms with Crippen LogP contribution >= 0.6 is 0 Å². The molecule has 1 aromatic carbocycles. The first-order valence-electron chi connectivity index (χ1n) is 13.0. The fourth-order valence-electron chi connectivity index (χ4n) is 6.44. The van der Waals surface area contributed by atoms with Crippen LogP contribution in [-0.4, -0.2) is 43.0 Å². The van der Waals surface area contributed by atoms with Gasteiger partial charge in [-0.2, -0.15) is 0 Å². The van der Waals surface area contributed by atoms with Crippen LogP contribution in [0.2, 0.25) is 0 Å². The fourth-order valence-corrected chi connectivity index (χ4v) is 6.44. The Bertz CT molecular complexity index is 969. The molecular weight excluding hydrogens is 466 g/mol. The number of hydrogen-bond acceptors (Lipinski definition) is 8. The van der Waals surface area contributed by atoms with Gasteiger partial charge in [-0.05, 0) is 55.7 Å². The minimum atomic E-state index is -0.880. The maximum absolute atomic E-state index is 12.7. The smallest absolute Gasteiger partial charge is 0.308 e. The molecule has 1 saturated carbocycles. The molecule has 198 valence electrons. The molecule has 1 aliphatic carbocycles. The van der Waals surface area contributed by atoms with Crippen LogP contribution in [0.5, 0.6) is 5.75 Å². The van der Waals surface area contributed by atoms with Crippen molar-refractivity contribution in [3.8, 4) is 5.75 Å². The van der Waals surface area contributed by atoms with Gasteiger partial charge in [0.05, 0.1) is 13.5 Å². The van der Waals surface area contributed by atoms with Gasteiger partial charge < -0.3 is 24.3 Å². The van der Waals surface area contributed by atoms with Gasteiger partial charge in [0.25, 0.3) is 0 Å². The summed E-state index contributed by atoms with van der Waals surface area (Å²) in [4.78, 5) is 36.9. The lowest BCUT2D eigenvalue weighted by Crippen LogP contribution is -2.70. The molecule has 9 nitrogen and oxygen atoms in total. The van der Waals surface area contributed by atoms with Crippen molar-refractivity contribution in [2.75, 3.05) is 7.11 Å². The van der Waals surface area contributed by atoms with Gasteiger partial charge in [-0.1, -0.05) is 26.0 Å². The number of amides is 1. The Morgan fingerprint density at radius 2 is 1.83 bits per heavy atom. The molecule has 8 atom stereocenters. The molecule has 0 aromatic heterocycles. The molecule has 4 aliphatic heterocycles. The van der Waals surface area contributed by atoms with E-state index in [1.807, 2.05) is 38.1 Å². The normalized spacial score (nSPS) is 39.0. The van der Waals surface area contributed by atoms with E-state index in [0.29, 0.717) is 12.5 Å². The molecular formula is C27H37NO8.